The van der Waals surface area contributed by atoms with Gasteiger partial charge in [0.15, 0.2) is 0 Å². The van der Waals surface area contributed by atoms with Gasteiger partial charge in [-0.2, -0.15) is 13.2 Å². The SMILES string of the molecule is CN1CCC(Cc2cccc(C(F)(F)F)n2)C1=O. The molecule has 0 N–H and O–H groups in total. The van der Waals surface area contributed by atoms with Gasteiger partial charge in [-0.05, 0) is 18.6 Å². The predicted molar refractivity (Wildman–Crippen MR) is 58.7 cm³/mol. The molecule has 0 saturated carbocycles. The van der Waals surface area contributed by atoms with Crippen LogP contribution in [0.2, 0.25) is 0 Å². The summed E-state index contributed by atoms with van der Waals surface area (Å²) in [5.41, 5.74) is -0.586. The zero-order valence-electron chi connectivity index (χ0n) is 9.87. The molecule has 0 aliphatic carbocycles. The maximum Gasteiger partial charge on any atom is 0.433 e. The number of hydrogen-bond donors (Lipinski definition) is 0. The standard InChI is InChI=1S/C12H13F3N2O/c1-17-6-5-8(11(17)18)7-9-3-2-4-10(16-9)12(13,14)15/h2-4,8H,5-7H2,1H3. The number of nitrogens with zero attached hydrogens (tertiary/aromatic N) is 2. The Morgan fingerprint density at radius 2 is 2.17 bits per heavy atom. The Balaban J connectivity index is 2.13. The van der Waals surface area contributed by atoms with Gasteiger partial charge in [0.1, 0.15) is 5.69 Å². The number of alkyl halides is 3. The Hall–Kier alpha value is -1.59. The lowest BCUT2D eigenvalue weighted by Crippen LogP contribution is -2.23. The van der Waals surface area contributed by atoms with E-state index in [9.17, 15) is 18.0 Å². The van der Waals surface area contributed by atoms with Crippen molar-refractivity contribution in [2.24, 2.45) is 5.92 Å². The highest BCUT2D eigenvalue weighted by atomic mass is 19.4. The lowest BCUT2D eigenvalue weighted by molar-refractivity contribution is -0.141. The Morgan fingerprint density at radius 3 is 2.72 bits per heavy atom. The molecule has 18 heavy (non-hydrogen) atoms. The van der Waals surface area contributed by atoms with Gasteiger partial charge in [0.2, 0.25) is 5.91 Å². The smallest absolute Gasteiger partial charge is 0.345 e. The number of aromatic nitrogens is 1. The van der Waals surface area contributed by atoms with Crippen LogP contribution in [-0.2, 0) is 17.4 Å². The molecule has 1 saturated heterocycles. The fraction of sp³-hybridized carbons (Fsp3) is 0.500. The minimum atomic E-state index is -4.44. The average Bonchev–Trinajstić information content (AvgIpc) is 2.60. The van der Waals surface area contributed by atoms with Crippen molar-refractivity contribution >= 4 is 5.91 Å². The van der Waals surface area contributed by atoms with Crippen molar-refractivity contribution in [3.63, 3.8) is 0 Å². The third-order valence-corrected chi connectivity index (χ3v) is 3.09. The van der Waals surface area contributed by atoms with Gasteiger partial charge in [0.25, 0.3) is 0 Å². The Kier molecular flexibility index (Phi) is 3.28. The molecule has 2 rings (SSSR count). The normalized spacial score (nSPS) is 20.6. The number of carbonyl (C=O) groups excluding carboxylic acids is 1. The van der Waals surface area contributed by atoms with Crippen LogP contribution in [0.25, 0.3) is 0 Å². The summed E-state index contributed by atoms with van der Waals surface area (Å²) in [6, 6.07) is 3.79. The molecule has 98 valence electrons. The maximum atomic E-state index is 12.5. The monoisotopic (exact) mass is 258 g/mol. The zero-order chi connectivity index (χ0) is 13.3. The van der Waals surface area contributed by atoms with E-state index < -0.39 is 11.9 Å². The lowest BCUT2D eigenvalue weighted by Gasteiger charge is -2.11. The Bertz CT molecular complexity index is 459. The molecule has 3 nitrogen and oxygen atoms in total. The molecule has 1 atom stereocenters. The van der Waals surface area contributed by atoms with Crippen LogP contribution in [0.5, 0.6) is 0 Å². The molecule has 0 bridgehead atoms. The van der Waals surface area contributed by atoms with Gasteiger partial charge >= 0.3 is 6.18 Å². The van der Waals surface area contributed by atoms with E-state index >= 15 is 0 Å². The number of rotatable bonds is 2. The van der Waals surface area contributed by atoms with Gasteiger partial charge in [-0.25, -0.2) is 4.98 Å². The third-order valence-electron chi connectivity index (χ3n) is 3.09. The quantitative estimate of drug-likeness (QED) is 0.814. The summed E-state index contributed by atoms with van der Waals surface area (Å²) < 4.78 is 37.4. The van der Waals surface area contributed by atoms with Crippen LogP contribution < -0.4 is 0 Å². The Labute approximate surface area is 103 Å². The fourth-order valence-corrected chi connectivity index (χ4v) is 2.09. The molecule has 0 spiro atoms. The summed E-state index contributed by atoms with van der Waals surface area (Å²) in [7, 11) is 1.70. The number of halogens is 3. The zero-order valence-corrected chi connectivity index (χ0v) is 9.87. The van der Waals surface area contributed by atoms with Gasteiger partial charge in [-0.1, -0.05) is 6.07 Å². The van der Waals surface area contributed by atoms with Crippen molar-refractivity contribution in [1.29, 1.82) is 0 Å². The van der Waals surface area contributed by atoms with Crippen molar-refractivity contribution in [2.75, 3.05) is 13.6 Å². The number of hydrogen-bond acceptors (Lipinski definition) is 2. The van der Waals surface area contributed by atoms with E-state index in [1.54, 1.807) is 11.9 Å². The van der Waals surface area contributed by atoms with Gasteiger partial charge in [-0.3, -0.25) is 4.79 Å². The van der Waals surface area contributed by atoms with Gasteiger partial charge in [0.05, 0.1) is 0 Å². The summed E-state index contributed by atoms with van der Waals surface area (Å²) in [5.74, 6) is -0.264. The number of likely N-dealkylation sites (tertiary alicyclic amines) is 1. The predicted octanol–water partition coefficient (Wildman–Crippen LogP) is 2.12. The molecule has 1 amide bonds. The van der Waals surface area contributed by atoms with E-state index in [1.807, 2.05) is 0 Å². The molecule has 1 aromatic heterocycles. The van der Waals surface area contributed by atoms with Crippen LogP contribution in [0.3, 0.4) is 0 Å². The molecule has 1 unspecified atom stereocenters. The molecular weight excluding hydrogens is 245 g/mol. The number of carbonyl (C=O) groups is 1. The van der Waals surface area contributed by atoms with Gasteiger partial charge < -0.3 is 4.90 Å². The topological polar surface area (TPSA) is 33.2 Å². The fourth-order valence-electron chi connectivity index (χ4n) is 2.09. The van der Waals surface area contributed by atoms with Crippen LogP contribution in [0.1, 0.15) is 17.8 Å². The third kappa shape index (κ3) is 2.63. The highest BCUT2D eigenvalue weighted by Gasteiger charge is 2.33. The van der Waals surface area contributed by atoms with E-state index in [-0.39, 0.29) is 18.2 Å². The molecule has 6 heteroatoms. The van der Waals surface area contributed by atoms with Crippen molar-refractivity contribution in [2.45, 2.75) is 19.0 Å². The second kappa shape index (κ2) is 4.59. The average molecular weight is 258 g/mol. The first kappa shape index (κ1) is 12.9. The van der Waals surface area contributed by atoms with Crippen molar-refractivity contribution < 1.29 is 18.0 Å². The largest absolute Gasteiger partial charge is 0.433 e. The molecule has 1 aliphatic heterocycles. The van der Waals surface area contributed by atoms with Gasteiger partial charge in [0, 0.05) is 31.6 Å². The lowest BCUT2D eigenvalue weighted by atomic mass is 10.0. The van der Waals surface area contributed by atoms with E-state index in [0.29, 0.717) is 18.7 Å². The van der Waals surface area contributed by atoms with E-state index in [2.05, 4.69) is 4.98 Å². The Morgan fingerprint density at radius 1 is 1.44 bits per heavy atom. The van der Waals surface area contributed by atoms with E-state index in [4.69, 9.17) is 0 Å². The first-order chi connectivity index (χ1) is 8.38. The molecule has 0 radical (unpaired) electrons. The van der Waals surface area contributed by atoms with E-state index in [0.717, 1.165) is 6.07 Å². The van der Waals surface area contributed by atoms with Crippen LogP contribution in [0, 0.1) is 5.92 Å². The molecule has 1 fully saturated rings. The van der Waals surface area contributed by atoms with Crippen molar-refractivity contribution in [3.05, 3.63) is 29.6 Å². The molecule has 0 aromatic carbocycles. The minimum absolute atomic E-state index is 0.0192. The summed E-state index contributed by atoms with van der Waals surface area (Å²) in [6.07, 6.45) is -3.49. The highest BCUT2D eigenvalue weighted by Crippen LogP contribution is 2.28. The summed E-state index contributed by atoms with van der Waals surface area (Å²) in [6.45, 7) is 0.655. The van der Waals surface area contributed by atoms with Crippen LogP contribution >= 0.6 is 0 Å². The second-order valence-electron chi connectivity index (χ2n) is 4.46. The molecule has 1 aromatic rings. The van der Waals surface area contributed by atoms with Crippen LogP contribution in [0.15, 0.2) is 18.2 Å². The summed E-state index contributed by atoms with van der Waals surface area (Å²) in [4.78, 5) is 16.8. The maximum absolute atomic E-state index is 12.5. The number of pyridine rings is 1. The van der Waals surface area contributed by atoms with Crippen LogP contribution in [-0.4, -0.2) is 29.4 Å². The highest BCUT2D eigenvalue weighted by molar-refractivity contribution is 5.80. The summed E-state index contributed by atoms with van der Waals surface area (Å²) >= 11 is 0. The molecular formula is C12H13F3N2O. The first-order valence-corrected chi connectivity index (χ1v) is 5.66. The van der Waals surface area contributed by atoms with E-state index in [1.165, 1.54) is 12.1 Å². The summed E-state index contributed by atoms with van der Waals surface area (Å²) in [5, 5.41) is 0. The molecule has 1 aliphatic rings. The second-order valence-corrected chi connectivity index (χ2v) is 4.46. The molecule has 2 heterocycles. The van der Waals surface area contributed by atoms with Crippen LogP contribution in [0.4, 0.5) is 13.2 Å². The van der Waals surface area contributed by atoms with Gasteiger partial charge in [-0.15, -0.1) is 0 Å². The van der Waals surface area contributed by atoms with Crippen molar-refractivity contribution in [3.8, 4) is 0 Å². The number of amides is 1. The minimum Gasteiger partial charge on any atom is -0.345 e. The van der Waals surface area contributed by atoms with Crippen molar-refractivity contribution in [1.82, 2.24) is 9.88 Å². The first-order valence-electron chi connectivity index (χ1n) is 5.66.